The van der Waals surface area contributed by atoms with E-state index in [0.29, 0.717) is 5.56 Å². The molecule has 16 heavy (non-hydrogen) atoms. The first-order valence-corrected chi connectivity index (χ1v) is 5.09. The van der Waals surface area contributed by atoms with Gasteiger partial charge in [-0.05, 0) is 18.4 Å². The van der Waals surface area contributed by atoms with Gasteiger partial charge >= 0.3 is 6.09 Å². The fourth-order valence-corrected chi connectivity index (χ4v) is 1.59. The standard InChI is InChI=1S/C12H12FNO2/c13-10-4-2-1-3-8(10)5-6-9-7-11(9)14-12(15)16/h1-6,9,11,14H,7H2,(H,15,16)/b6-5+. The van der Waals surface area contributed by atoms with Crippen molar-refractivity contribution in [1.82, 2.24) is 5.32 Å². The number of carboxylic acid groups (broad SMARTS) is 1. The molecule has 0 radical (unpaired) electrons. The van der Waals surface area contributed by atoms with Crippen LogP contribution >= 0.6 is 0 Å². The lowest BCUT2D eigenvalue weighted by Gasteiger charge is -1.96. The first-order valence-electron chi connectivity index (χ1n) is 5.09. The molecule has 1 aliphatic carbocycles. The molecular weight excluding hydrogens is 209 g/mol. The lowest BCUT2D eigenvalue weighted by atomic mass is 10.2. The third kappa shape index (κ3) is 2.59. The zero-order valence-corrected chi connectivity index (χ0v) is 8.56. The highest BCUT2D eigenvalue weighted by Gasteiger charge is 2.35. The Morgan fingerprint density at radius 1 is 1.50 bits per heavy atom. The smallest absolute Gasteiger partial charge is 0.404 e. The lowest BCUT2D eigenvalue weighted by Crippen LogP contribution is -2.24. The Morgan fingerprint density at radius 2 is 2.25 bits per heavy atom. The largest absolute Gasteiger partial charge is 0.465 e. The summed E-state index contributed by atoms with van der Waals surface area (Å²) in [5.74, 6) is -0.0714. The molecule has 3 nitrogen and oxygen atoms in total. The Hall–Kier alpha value is -1.84. The molecule has 2 unspecified atom stereocenters. The summed E-state index contributed by atoms with van der Waals surface area (Å²) < 4.78 is 13.2. The zero-order chi connectivity index (χ0) is 11.5. The van der Waals surface area contributed by atoms with Crippen LogP contribution in [-0.2, 0) is 0 Å². The maximum Gasteiger partial charge on any atom is 0.404 e. The van der Waals surface area contributed by atoms with Gasteiger partial charge in [-0.2, -0.15) is 0 Å². The molecule has 1 fully saturated rings. The highest BCUT2D eigenvalue weighted by Crippen LogP contribution is 2.32. The molecule has 0 aromatic heterocycles. The second-order valence-corrected chi connectivity index (χ2v) is 3.84. The molecule has 1 aromatic rings. The van der Waals surface area contributed by atoms with Gasteiger partial charge in [0.15, 0.2) is 0 Å². The van der Waals surface area contributed by atoms with E-state index >= 15 is 0 Å². The molecule has 0 saturated heterocycles. The van der Waals surface area contributed by atoms with Crippen LogP contribution in [0.2, 0.25) is 0 Å². The Balaban J connectivity index is 1.92. The Morgan fingerprint density at radius 3 is 2.94 bits per heavy atom. The summed E-state index contributed by atoms with van der Waals surface area (Å²) in [6.07, 6.45) is 3.33. The van der Waals surface area contributed by atoms with Crippen LogP contribution in [0.3, 0.4) is 0 Å². The van der Waals surface area contributed by atoms with E-state index in [1.807, 2.05) is 6.08 Å². The van der Waals surface area contributed by atoms with Crippen LogP contribution in [0.15, 0.2) is 30.3 Å². The van der Waals surface area contributed by atoms with Crippen molar-refractivity contribution in [2.24, 2.45) is 5.92 Å². The minimum atomic E-state index is -1.01. The van der Waals surface area contributed by atoms with E-state index in [2.05, 4.69) is 5.32 Å². The SMILES string of the molecule is O=C(O)NC1CC1/C=C/c1ccccc1F. The van der Waals surface area contributed by atoms with Crippen LogP contribution in [-0.4, -0.2) is 17.2 Å². The van der Waals surface area contributed by atoms with Crippen molar-refractivity contribution in [3.8, 4) is 0 Å². The van der Waals surface area contributed by atoms with Gasteiger partial charge in [-0.15, -0.1) is 0 Å². The average molecular weight is 221 g/mol. The van der Waals surface area contributed by atoms with E-state index < -0.39 is 6.09 Å². The van der Waals surface area contributed by atoms with E-state index in [0.717, 1.165) is 6.42 Å². The highest BCUT2D eigenvalue weighted by molar-refractivity contribution is 5.65. The Labute approximate surface area is 92.6 Å². The predicted octanol–water partition coefficient (Wildman–Crippen LogP) is 2.50. The number of nitrogens with one attached hydrogen (secondary N) is 1. The number of amides is 1. The molecule has 0 spiro atoms. The van der Waals surface area contributed by atoms with Crippen LogP contribution in [0.1, 0.15) is 12.0 Å². The van der Waals surface area contributed by atoms with Crippen molar-refractivity contribution in [2.45, 2.75) is 12.5 Å². The van der Waals surface area contributed by atoms with Gasteiger partial charge in [-0.25, -0.2) is 9.18 Å². The maximum atomic E-state index is 13.2. The van der Waals surface area contributed by atoms with Crippen LogP contribution in [0.5, 0.6) is 0 Å². The first kappa shape index (κ1) is 10.7. The first-order chi connectivity index (χ1) is 7.66. The molecule has 1 aliphatic rings. The third-order valence-corrected chi connectivity index (χ3v) is 2.58. The van der Waals surface area contributed by atoms with Crippen LogP contribution in [0.25, 0.3) is 6.08 Å². The number of hydrogen-bond acceptors (Lipinski definition) is 1. The summed E-state index contributed by atoms with van der Waals surface area (Å²) in [7, 11) is 0. The summed E-state index contributed by atoms with van der Waals surface area (Å²) in [5.41, 5.74) is 0.531. The molecule has 0 heterocycles. The van der Waals surface area contributed by atoms with Gasteiger partial charge in [0, 0.05) is 11.6 Å². The molecular formula is C12H12FNO2. The molecule has 2 N–H and O–H groups in total. The normalized spacial score (nSPS) is 23.3. The van der Waals surface area contributed by atoms with Crippen molar-refractivity contribution < 1.29 is 14.3 Å². The van der Waals surface area contributed by atoms with Gasteiger partial charge in [0.1, 0.15) is 5.82 Å². The molecule has 2 atom stereocenters. The van der Waals surface area contributed by atoms with Crippen LogP contribution in [0, 0.1) is 11.7 Å². The topological polar surface area (TPSA) is 49.3 Å². The van der Waals surface area contributed by atoms with E-state index in [4.69, 9.17) is 5.11 Å². The molecule has 4 heteroatoms. The summed E-state index contributed by atoms with van der Waals surface area (Å²) in [6.45, 7) is 0. The highest BCUT2D eigenvalue weighted by atomic mass is 19.1. The summed E-state index contributed by atoms with van der Waals surface area (Å²) in [6, 6.07) is 6.48. The van der Waals surface area contributed by atoms with Gasteiger partial charge in [-0.3, -0.25) is 0 Å². The van der Waals surface area contributed by atoms with Crippen LogP contribution in [0.4, 0.5) is 9.18 Å². The molecule has 1 aromatic carbocycles. The van der Waals surface area contributed by atoms with E-state index in [1.54, 1.807) is 24.3 Å². The van der Waals surface area contributed by atoms with Gasteiger partial charge in [0.05, 0.1) is 0 Å². The van der Waals surface area contributed by atoms with Gasteiger partial charge in [0.25, 0.3) is 0 Å². The fourth-order valence-electron chi connectivity index (χ4n) is 1.59. The number of benzene rings is 1. The van der Waals surface area contributed by atoms with Crippen molar-refractivity contribution in [3.05, 3.63) is 41.7 Å². The average Bonchev–Trinajstić information content (AvgIpc) is 2.94. The Bertz CT molecular complexity index is 431. The summed E-state index contributed by atoms with van der Waals surface area (Å²) in [5, 5.41) is 10.9. The fraction of sp³-hybridized carbons (Fsp3) is 0.250. The number of carbonyl (C=O) groups is 1. The number of rotatable bonds is 3. The van der Waals surface area contributed by atoms with Crippen molar-refractivity contribution in [3.63, 3.8) is 0 Å². The molecule has 0 bridgehead atoms. The maximum absolute atomic E-state index is 13.2. The second kappa shape index (κ2) is 4.35. The monoisotopic (exact) mass is 221 g/mol. The number of hydrogen-bond donors (Lipinski definition) is 2. The molecule has 0 aliphatic heterocycles. The van der Waals surface area contributed by atoms with Gasteiger partial charge in [0.2, 0.25) is 0 Å². The predicted molar refractivity (Wildman–Crippen MR) is 58.5 cm³/mol. The van der Waals surface area contributed by atoms with Gasteiger partial charge in [-0.1, -0.05) is 30.4 Å². The third-order valence-electron chi connectivity index (χ3n) is 2.58. The molecule has 2 rings (SSSR count). The second-order valence-electron chi connectivity index (χ2n) is 3.84. The van der Waals surface area contributed by atoms with Crippen molar-refractivity contribution in [1.29, 1.82) is 0 Å². The van der Waals surface area contributed by atoms with Gasteiger partial charge < -0.3 is 10.4 Å². The molecule has 1 amide bonds. The lowest BCUT2D eigenvalue weighted by molar-refractivity contribution is 0.193. The summed E-state index contributed by atoms with van der Waals surface area (Å²) in [4.78, 5) is 10.3. The van der Waals surface area contributed by atoms with E-state index in [9.17, 15) is 9.18 Å². The van der Waals surface area contributed by atoms with E-state index in [-0.39, 0.29) is 17.8 Å². The van der Waals surface area contributed by atoms with Crippen LogP contribution < -0.4 is 5.32 Å². The van der Waals surface area contributed by atoms with E-state index in [1.165, 1.54) is 6.07 Å². The minimum absolute atomic E-state index is 0.0134. The zero-order valence-electron chi connectivity index (χ0n) is 8.56. The van der Waals surface area contributed by atoms with Crippen molar-refractivity contribution in [2.75, 3.05) is 0 Å². The number of halogens is 1. The minimum Gasteiger partial charge on any atom is -0.465 e. The van der Waals surface area contributed by atoms with Crippen molar-refractivity contribution >= 4 is 12.2 Å². The summed E-state index contributed by atoms with van der Waals surface area (Å²) >= 11 is 0. The molecule has 84 valence electrons. The Kier molecular flexibility index (Phi) is 2.90. The molecule has 1 saturated carbocycles. The quantitative estimate of drug-likeness (QED) is 0.823.